The van der Waals surface area contributed by atoms with Crippen LogP contribution in [0.2, 0.25) is 0 Å². The Morgan fingerprint density at radius 1 is 1.00 bits per heavy atom. The van der Waals surface area contributed by atoms with Crippen molar-refractivity contribution >= 4 is 29.3 Å². The van der Waals surface area contributed by atoms with E-state index in [1.54, 1.807) is 55.5 Å². The Labute approximate surface area is 174 Å². The second kappa shape index (κ2) is 10.8. The molecule has 0 fully saturated rings. The average Bonchev–Trinajstić information content (AvgIpc) is 2.73. The van der Waals surface area contributed by atoms with Gasteiger partial charge in [0.05, 0.1) is 12.2 Å². The van der Waals surface area contributed by atoms with E-state index < -0.39 is 30.4 Å². The molecular weight excluding hydrogens is 388 g/mol. The maximum absolute atomic E-state index is 12.3. The van der Waals surface area contributed by atoms with Crippen molar-refractivity contribution in [1.29, 1.82) is 0 Å². The van der Waals surface area contributed by atoms with Gasteiger partial charge in [0.2, 0.25) is 0 Å². The first-order chi connectivity index (χ1) is 14.3. The van der Waals surface area contributed by atoms with Gasteiger partial charge in [-0.1, -0.05) is 12.1 Å². The lowest BCUT2D eigenvalue weighted by Gasteiger charge is -2.14. The summed E-state index contributed by atoms with van der Waals surface area (Å²) in [4.78, 5) is 47.7. The van der Waals surface area contributed by atoms with Crippen molar-refractivity contribution in [3.63, 3.8) is 0 Å². The molecule has 0 aliphatic heterocycles. The Bertz CT molecular complexity index is 923. The van der Waals surface area contributed by atoms with Crippen LogP contribution in [0.4, 0.5) is 5.69 Å². The standard InChI is InChI=1S/C22H24N2O6/c1-4-29-19-8-6-5-7-18(19)22(28)23-13-20(26)30-15(3)21(27)24-17-11-9-16(10-12-17)14(2)25/h5-12,15H,4,13H2,1-3H3,(H,23,28)(H,24,27)/t15-/m1/s1. The molecule has 30 heavy (non-hydrogen) atoms. The molecule has 0 saturated carbocycles. The molecule has 0 aliphatic rings. The third-order valence-corrected chi connectivity index (χ3v) is 4.06. The van der Waals surface area contributed by atoms with Gasteiger partial charge in [0.1, 0.15) is 12.3 Å². The summed E-state index contributed by atoms with van der Waals surface area (Å²) >= 11 is 0. The number of carbonyl (C=O) groups is 4. The summed E-state index contributed by atoms with van der Waals surface area (Å²) in [5.74, 6) is -1.45. The Hall–Kier alpha value is -3.68. The molecule has 0 saturated heterocycles. The van der Waals surface area contributed by atoms with E-state index in [9.17, 15) is 19.2 Å². The van der Waals surface area contributed by atoms with Crippen molar-refractivity contribution in [2.45, 2.75) is 26.9 Å². The molecule has 0 aromatic heterocycles. The minimum absolute atomic E-state index is 0.0823. The number of rotatable bonds is 9. The predicted octanol–water partition coefficient (Wildman–Crippen LogP) is 2.59. The highest BCUT2D eigenvalue weighted by atomic mass is 16.5. The van der Waals surface area contributed by atoms with Gasteiger partial charge in [-0.15, -0.1) is 0 Å². The summed E-state index contributed by atoms with van der Waals surface area (Å²) in [6.45, 7) is 4.67. The zero-order chi connectivity index (χ0) is 22.1. The van der Waals surface area contributed by atoms with Crippen LogP contribution in [0.3, 0.4) is 0 Å². The Balaban J connectivity index is 1.84. The SMILES string of the molecule is CCOc1ccccc1C(=O)NCC(=O)O[C@H](C)C(=O)Nc1ccc(C(C)=O)cc1. The Morgan fingerprint density at radius 2 is 1.67 bits per heavy atom. The number of carbonyl (C=O) groups excluding carboxylic acids is 4. The summed E-state index contributed by atoms with van der Waals surface area (Å²) in [5.41, 5.74) is 1.29. The van der Waals surface area contributed by atoms with Crippen LogP contribution in [0.5, 0.6) is 5.75 Å². The summed E-state index contributed by atoms with van der Waals surface area (Å²) < 4.78 is 10.4. The number of Topliss-reactive ketones (excluding diaryl/α,β-unsaturated/α-hetero) is 1. The first kappa shape index (κ1) is 22.6. The average molecular weight is 412 g/mol. The fourth-order valence-corrected chi connectivity index (χ4v) is 2.51. The molecule has 0 aliphatic carbocycles. The monoisotopic (exact) mass is 412 g/mol. The van der Waals surface area contributed by atoms with Crippen LogP contribution in [0, 0.1) is 0 Å². The fraction of sp³-hybridized carbons (Fsp3) is 0.273. The second-order valence-corrected chi connectivity index (χ2v) is 6.37. The number of ketones is 1. The van der Waals surface area contributed by atoms with Crippen molar-refractivity contribution in [2.75, 3.05) is 18.5 Å². The van der Waals surface area contributed by atoms with Crippen molar-refractivity contribution in [3.8, 4) is 5.75 Å². The molecule has 8 nitrogen and oxygen atoms in total. The Morgan fingerprint density at radius 3 is 2.30 bits per heavy atom. The smallest absolute Gasteiger partial charge is 0.326 e. The van der Waals surface area contributed by atoms with E-state index in [1.165, 1.54) is 13.8 Å². The molecule has 0 unspecified atom stereocenters. The lowest BCUT2D eigenvalue weighted by Crippen LogP contribution is -2.36. The first-order valence-electron chi connectivity index (χ1n) is 9.43. The van der Waals surface area contributed by atoms with Crippen molar-refractivity contribution in [1.82, 2.24) is 5.32 Å². The molecule has 2 amide bonds. The van der Waals surface area contributed by atoms with Gasteiger partial charge in [0.15, 0.2) is 11.9 Å². The number of benzene rings is 2. The third-order valence-electron chi connectivity index (χ3n) is 4.06. The van der Waals surface area contributed by atoms with Gasteiger partial charge in [-0.2, -0.15) is 0 Å². The fourth-order valence-electron chi connectivity index (χ4n) is 2.51. The minimum Gasteiger partial charge on any atom is -0.493 e. The quantitative estimate of drug-likeness (QED) is 0.484. The third kappa shape index (κ3) is 6.44. The van der Waals surface area contributed by atoms with E-state index in [0.29, 0.717) is 29.2 Å². The molecule has 0 radical (unpaired) electrons. The molecule has 2 aromatic carbocycles. The molecule has 2 rings (SSSR count). The van der Waals surface area contributed by atoms with Crippen LogP contribution in [0.15, 0.2) is 48.5 Å². The number of nitrogens with one attached hydrogen (secondary N) is 2. The van der Waals surface area contributed by atoms with Gasteiger partial charge < -0.3 is 20.1 Å². The summed E-state index contributed by atoms with van der Waals surface area (Å²) in [6, 6.07) is 13.0. The molecule has 8 heteroatoms. The van der Waals surface area contributed by atoms with Gasteiger partial charge in [-0.25, -0.2) is 0 Å². The van der Waals surface area contributed by atoms with Crippen molar-refractivity contribution in [3.05, 3.63) is 59.7 Å². The topological polar surface area (TPSA) is 111 Å². The van der Waals surface area contributed by atoms with Gasteiger partial charge >= 0.3 is 5.97 Å². The van der Waals surface area contributed by atoms with E-state index in [1.807, 2.05) is 0 Å². The van der Waals surface area contributed by atoms with Crippen molar-refractivity contribution in [2.24, 2.45) is 0 Å². The van der Waals surface area contributed by atoms with Crippen LogP contribution in [0.25, 0.3) is 0 Å². The van der Waals surface area contributed by atoms with E-state index in [2.05, 4.69) is 10.6 Å². The molecule has 0 heterocycles. The number of anilines is 1. The summed E-state index contributed by atoms with van der Waals surface area (Å²) in [6.07, 6.45) is -1.07. The van der Waals surface area contributed by atoms with Gasteiger partial charge in [-0.05, 0) is 57.2 Å². The van der Waals surface area contributed by atoms with Crippen LogP contribution >= 0.6 is 0 Å². The first-order valence-corrected chi connectivity index (χ1v) is 9.43. The lowest BCUT2D eigenvalue weighted by atomic mass is 10.1. The second-order valence-electron chi connectivity index (χ2n) is 6.37. The van der Waals surface area contributed by atoms with Gasteiger partial charge in [0, 0.05) is 11.3 Å². The largest absolute Gasteiger partial charge is 0.493 e. The molecule has 158 valence electrons. The molecule has 0 bridgehead atoms. The van der Waals surface area contributed by atoms with Gasteiger partial charge in [0.25, 0.3) is 11.8 Å². The summed E-state index contributed by atoms with van der Waals surface area (Å²) in [5, 5.41) is 5.05. The maximum Gasteiger partial charge on any atom is 0.326 e. The Kier molecular flexibility index (Phi) is 8.10. The molecule has 0 spiro atoms. The van der Waals surface area contributed by atoms with E-state index in [0.717, 1.165) is 0 Å². The van der Waals surface area contributed by atoms with E-state index >= 15 is 0 Å². The zero-order valence-electron chi connectivity index (χ0n) is 17.1. The number of hydrogen-bond donors (Lipinski definition) is 2. The maximum atomic E-state index is 12.3. The molecular formula is C22H24N2O6. The lowest BCUT2D eigenvalue weighted by molar-refractivity contribution is -0.152. The number of amides is 2. The minimum atomic E-state index is -1.07. The molecule has 2 aromatic rings. The van der Waals surface area contributed by atoms with E-state index in [4.69, 9.17) is 9.47 Å². The predicted molar refractivity (Wildman–Crippen MR) is 111 cm³/mol. The van der Waals surface area contributed by atoms with Crippen molar-refractivity contribution < 1.29 is 28.7 Å². The number of esters is 1. The van der Waals surface area contributed by atoms with Crippen LogP contribution in [0.1, 0.15) is 41.5 Å². The van der Waals surface area contributed by atoms with Crippen LogP contribution in [-0.2, 0) is 14.3 Å². The molecule has 1 atom stereocenters. The zero-order valence-corrected chi connectivity index (χ0v) is 17.1. The van der Waals surface area contributed by atoms with Gasteiger partial charge in [-0.3, -0.25) is 19.2 Å². The highest BCUT2D eigenvalue weighted by Gasteiger charge is 2.19. The normalized spacial score (nSPS) is 11.2. The summed E-state index contributed by atoms with van der Waals surface area (Å²) in [7, 11) is 0. The number of hydrogen-bond acceptors (Lipinski definition) is 6. The molecule has 2 N–H and O–H groups in total. The number of para-hydroxylation sites is 1. The van der Waals surface area contributed by atoms with Crippen LogP contribution in [-0.4, -0.2) is 42.8 Å². The highest BCUT2D eigenvalue weighted by molar-refractivity contribution is 5.99. The highest BCUT2D eigenvalue weighted by Crippen LogP contribution is 2.17. The number of ether oxygens (including phenoxy) is 2. The van der Waals surface area contributed by atoms with Crippen LogP contribution < -0.4 is 15.4 Å². The van der Waals surface area contributed by atoms with E-state index in [-0.39, 0.29) is 5.78 Å².